The largest absolute Gasteiger partial charge is 0.466 e. The molecular weight excluding hydrogens is 416 g/mol. The molecule has 2 aliphatic rings. The summed E-state index contributed by atoms with van der Waals surface area (Å²) in [5, 5.41) is 0. The first kappa shape index (κ1) is 23.7. The Morgan fingerprint density at radius 1 is 0.968 bits per heavy atom. The van der Waals surface area contributed by atoms with Gasteiger partial charge in [0.25, 0.3) is 0 Å². The number of carbonyl (C=O) groups excluding carboxylic acids is 2. The Labute approximate surface area is 185 Å². The molecule has 3 rings (SSSR count). The lowest BCUT2D eigenvalue weighted by atomic mass is 9.92. The summed E-state index contributed by atoms with van der Waals surface area (Å²) in [4.78, 5) is 26.6. The number of nitrogens with zero attached hydrogens (tertiary/aromatic N) is 2. The topological polar surface area (TPSA) is 84.0 Å². The zero-order chi connectivity index (χ0) is 22.3. The molecule has 0 N–H and O–H groups in total. The maximum atomic E-state index is 12.9. The Kier molecular flexibility index (Phi) is 8.49. The molecule has 0 aromatic heterocycles. The molecule has 31 heavy (non-hydrogen) atoms. The zero-order valence-electron chi connectivity index (χ0n) is 18.4. The number of piperidine rings is 2. The normalized spacial score (nSPS) is 19.3. The van der Waals surface area contributed by atoms with E-state index in [0.29, 0.717) is 64.9 Å². The van der Waals surface area contributed by atoms with Crippen molar-refractivity contribution in [2.45, 2.75) is 45.4 Å². The molecule has 0 saturated carbocycles. The first-order chi connectivity index (χ1) is 14.9. The molecule has 0 spiro atoms. The molecule has 0 unspecified atom stereocenters. The average molecular weight is 451 g/mol. The number of ether oxygens (including phenoxy) is 1. The smallest absolute Gasteiger partial charge is 0.309 e. The Bertz CT molecular complexity index is 827. The van der Waals surface area contributed by atoms with Crippen molar-refractivity contribution in [2.24, 2.45) is 11.8 Å². The molecule has 1 amide bonds. The van der Waals surface area contributed by atoms with Crippen molar-refractivity contribution in [3.05, 3.63) is 35.9 Å². The SMILES string of the molecule is CCOC(=O)C1CCN(C(=O)C2CCN(S(=O)(=O)CCCc3ccccc3)CC2)CC1. The summed E-state index contributed by atoms with van der Waals surface area (Å²) < 4.78 is 32.0. The van der Waals surface area contributed by atoms with Crippen LogP contribution >= 0.6 is 0 Å². The summed E-state index contributed by atoms with van der Waals surface area (Å²) in [6, 6.07) is 9.91. The van der Waals surface area contributed by atoms with Crippen LogP contribution in [0.25, 0.3) is 0 Å². The van der Waals surface area contributed by atoms with Crippen LogP contribution in [0.2, 0.25) is 0 Å². The van der Waals surface area contributed by atoms with Crippen molar-refractivity contribution in [1.82, 2.24) is 9.21 Å². The molecule has 0 bridgehead atoms. The number of hydrogen-bond acceptors (Lipinski definition) is 5. The van der Waals surface area contributed by atoms with E-state index < -0.39 is 10.0 Å². The predicted octanol–water partition coefficient (Wildman–Crippen LogP) is 2.46. The molecule has 1 aromatic carbocycles. The van der Waals surface area contributed by atoms with Crippen molar-refractivity contribution >= 4 is 21.9 Å². The highest BCUT2D eigenvalue weighted by Crippen LogP contribution is 2.26. The summed E-state index contributed by atoms with van der Waals surface area (Å²) in [7, 11) is -3.29. The highest BCUT2D eigenvalue weighted by atomic mass is 32.2. The number of amides is 1. The van der Waals surface area contributed by atoms with Crippen molar-refractivity contribution in [1.29, 1.82) is 0 Å². The lowest BCUT2D eigenvalue weighted by Gasteiger charge is -2.36. The van der Waals surface area contributed by atoms with Gasteiger partial charge in [-0.05, 0) is 51.0 Å². The first-order valence-electron chi connectivity index (χ1n) is 11.4. The van der Waals surface area contributed by atoms with Gasteiger partial charge < -0.3 is 9.64 Å². The summed E-state index contributed by atoms with van der Waals surface area (Å²) in [5.74, 6) is -0.174. The van der Waals surface area contributed by atoms with E-state index >= 15 is 0 Å². The molecular formula is C23H34N2O5S. The number of benzene rings is 1. The van der Waals surface area contributed by atoms with E-state index in [2.05, 4.69) is 0 Å². The van der Waals surface area contributed by atoms with E-state index in [1.54, 1.807) is 11.2 Å². The Morgan fingerprint density at radius 3 is 2.19 bits per heavy atom. The minimum atomic E-state index is -3.29. The lowest BCUT2D eigenvalue weighted by molar-refractivity contribution is -0.152. The molecule has 0 aliphatic carbocycles. The number of esters is 1. The summed E-state index contributed by atoms with van der Waals surface area (Å²) in [5.41, 5.74) is 1.15. The fraction of sp³-hybridized carbons (Fsp3) is 0.652. The van der Waals surface area contributed by atoms with Crippen LogP contribution in [0.5, 0.6) is 0 Å². The van der Waals surface area contributed by atoms with Gasteiger partial charge in [-0.1, -0.05) is 30.3 Å². The standard InChI is InChI=1S/C23H34N2O5S/c1-2-30-23(27)21-10-14-24(15-11-21)22(26)20-12-16-25(17-13-20)31(28,29)18-6-9-19-7-4-3-5-8-19/h3-5,7-8,20-21H,2,6,9-18H2,1H3. The minimum Gasteiger partial charge on any atom is -0.466 e. The molecule has 2 fully saturated rings. The van der Waals surface area contributed by atoms with E-state index in [1.807, 2.05) is 35.2 Å². The van der Waals surface area contributed by atoms with Gasteiger partial charge in [-0.15, -0.1) is 0 Å². The molecule has 172 valence electrons. The van der Waals surface area contributed by atoms with Gasteiger partial charge in [0.2, 0.25) is 15.9 Å². The molecule has 7 nitrogen and oxygen atoms in total. The molecule has 2 saturated heterocycles. The van der Waals surface area contributed by atoms with E-state index in [9.17, 15) is 18.0 Å². The van der Waals surface area contributed by atoms with Crippen LogP contribution in [0.3, 0.4) is 0 Å². The van der Waals surface area contributed by atoms with Gasteiger partial charge in [-0.25, -0.2) is 12.7 Å². The van der Waals surface area contributed by atoms with Crippen molar-refractivity contribution in [2.75, 3.05) is 38.5 Å². The van der Waals surface area contributed by atoms with Gasteiger partial charge in [0.05, 0.1) is 18.3 Å². The van der Waals surface area contributed by atoms with Crippen LogP contribution < -0.4 is 0 Å². The predicted molar refractivity (Wildman–Crippen MR) is 119 cm³/mol. The highest BCUT2D eigenvalue weighted by molar-refractivity contribution is 7.89. The van der Waals surface area contributed by atoms with Gasteiger partial charge in [0.15, 0.2) is 0 Å². The van der Waals surface area contributed by atoms with Crippen LogP contribution in [0.4, 0.5) is 0 Å². The van der Waals surface area contributed by atoms with Gasteiger partial charge >= 0.3 is 5.97 Å². The third-order valence-corrected chi connectivity index (χ3v) is 8.29. The highest BCUT2D eigenvalue weighted by Gasteiger charge is 2.35. The second-order valence-corrected chi connectivity index (χ2v) is 10.5. The summed E-state index contributed by atoms with van der Waals surface area (Å²) >= 11 is 0. The van der Waals surface area contributed by atoms with E-state index in [-0.39, 0.29) is 29.5 Å². The Hall–Kier alpha value is -1.93. The summed E-state index contributed by atoms with van der Waals surface area (Å²) in [6.45, 7) is 4.13. The molecule has 8 heteroatoms. The molecule has 1 aromatic rings. The number of hydrogen-bond donors (Lipinski definition) is 0. The number of likely N-dealkylation sites (tertiary alicyclic amines) is 1. The molecule has 0 atom stereocenters. The van der Waals surface area contributed by atoms with Gasteiger partial charge in [-0.2, -0.15) is 0 Å². The maximum Gasteiger partial charge on any atom is 0.309 e. The first-order valence-corrected chi connectivity index (χ1v) is 13.0. The van der Waals surface area contributed by atoms with Crippen molar-refractivity contribution in [3.8, 4) is 0 Å². The Balaban J connectivity index is 1.41. The van der Waals surface area contributed by atoms with Crippen molar-refractivity contribution in [3.63, 3.8) is 0 Å². The van der Waals surface area contributed by atoms with Gasteiger partial charge in [-0.3, -0.25) is 9.59 Å². The quantitative estimate of drug-likeness (QED) is 0.568. The van der Waals surface area contributed by atoms with Crippen LogP contribution in [-0.2, 0) is 30.8 Å². The maximum absolute atomic E-state index is 12.9. The fourth-order valence-corrected chi connectivity index (χ4v) is 6.00. The zero-order valence-corrected chi connectivity index (χ0v) is 19.2. The van der Waals surface area contributed by atoms with Crippen LogP contribution in [0.15, 0.2) is 30.3 Å². The Morgan fingerprint density at radius 2 is 1.58 bits per heavy atom. The number of sulfonamides is 1. The lowest BCUT2D eigenvalue weighted by Crippen LogP contribution is -2.47. The van der Waals surface area contributed by atoms with E-state index in [0.717, 1.165) is 12.0 Å². The molecule has 2 heterocycles. The number of aryl methyl sites for hydroxylation is 1. The third-order valence-electron chi connectivity index (χ3n) is 6.33. The van der Waals surface area contributed by atoms with Crippen LogP contribution in [0.1, 0.15) is 44.6 Å². The summed E-state index contributed by atoms with van der Waals surface area (Å²) in [6.07, 6.45) is 3.75. The second-order valence-electron chi connectivity index (χ2n) is 8.43. The average Bonchev–Trinajstić information content (AvgIpc) is 2.79. The number of carbonyl (C=O) groups is 2. The monoisotopic (exact) mass is 450 g/mol. The third kappa shape index (κ3) is 6.53. The molecule has 2 aliphatic heterocycles. The number of rotatable bonds is 8. The minimum absolute atomic E-state index is 0.100. The fourth-order valence-electron chi connectivity index (χ4n) is 4.47. The van der Waals surface area contributed by atoms with Gasteiger partial charge in [0.1, 0.15) is 0 Å². The van der Waals surface area contributed by atoms with E-state index in [1.165, 1.54) is 0 Å². The van der Waals surface area contributed by atoms with Crippen LogP contribution in [0, 0.1) is 11.8 Å². The van der Waals surface area contributed by atoms with Gasteiger partial charge in [0, 0.05) is 32.1 Å². The van der Waals surface area contributed by atoms with Crippen molar-refractivity contribution < 1.29 is 22.7 Å². The van der Waals surface area contributed by atoms with E-state index in [4.69, 9.17) is 4.74 Å². The van der Waals surface area contributed by atoms with Crippen LogP contribution in [-0.4, -0.2) is 68.0 Å². The molecule has 0 radical (unpaired) electrons. The second kappa shape index (κ2) is 11.1.